The first-order valence-corrected chi connectivity index (χ1v) is 8.22. The minimum Gasteiger partial charge on any atom is -0.307 e. The molecule has 3 aromatic heterocycles. The van der Waals surface area contributed by atoms with Crippen LogP contribution < -0.4 is 5.32 Å². The molecule has 7 heteroatoms. The molecule has 0 saturated carbocycles. The molecule has 0 unspecified atom stereocenters. The zero-order valence-corrected chi connectivity index (χ0v) is 13.4. The Labute approximate surface area is 137 Å². The minimum atomic E-state index is -0.179. The zero-order chi connectivity index (χ0) is 16.2. The van der Waals surface area contributed by atoms with E-state index in [-0.39, 0.29) is 11.6 Å². The third kappa shape index (κ3) is 3.07. The highest BCUT2D eigenvalue weighted by molar-refractivity contribution is 7.12. The number of hydrogen-bond acceptors (Lipinski definition) is 5. The van der Waals surface area contributed by atoms with Crippen LogP contribution in [0.3, 0.4) is 0 Å². The van der Waals surface area contributed by atoms with Crippen LogP contribution in [0.2, 0.25) is 0 Å². The highest BCUT2D eigenvalue weighted by atomic mass is 32.1. The summed E-state index contributed by atoms with van der Waals surface area (Å²) in [6.45, 7) is 2.11. The van der Waals surface area contributed by atoms with Gasteiger partial charge >= 0.3 is 0 Å². The predicted octanol–water partition coefficient (Wildman–Crippen LogP) is 3.26. The van der Waals surface area contributed by atoms with Gasteiger partial charge in [0.15, 0.2) is 11.3 Å². The normalized spacial score (nSPS) is 10.6. The number of fused-ring (bicyclic) bond motifs is 1. The van der Waals surface area contributed by atoms with Crippen molar-refractivity contribution in [3.8, 4) is 6.07 Å². The Kier molecular flexibility index (Phi) is 4.35. The Hall–Kier alpha value is -2.72. The summed E-state index contributed by atoms with van der Waals surface area (Å²) < 4.78 is 1.64. The highest BCUT2D eigenvalue weighted by Gasteiger charge is 2.14. The maximum atomic E-state index is 12.3. The topological polar surface area (TPSA) is 83.1 Å². The maximum absolute atomic E-state index is 12.3. The second kappa shape index (κ2) is 6.58. The van der Waals surface area contributed by atoms with Crippen molar-refractivity contribution in [2.45, 2.75) is 26.2 Å². The summed E-state index contributed by atoms with van der Waals surface area (Å²) >= 11 is 1.38. The van der Waals surface area contributed by atoms with Gasteiger partial charge in [0.05, 0.1) is 4.88 Å². The van der Waals surface area contributed by atoms with Gasteiger partial charge in [0.1, 0.15) is 18.2 Å². The first kappa shape index (κ1) is 15.2. The molecule has 0 aliphatic carbocycles. The lowest BCUT2D eigenvalue weighted by Crippen LogP contribution is -2.14. The van der Waals surface area contributed by atoms with Gasteiger partial charge in [-0.15, -0.1) is 11.3 Å². The van der Waals surface area contributed by atoms with E-state index in [2.05, 4.69) is 22.2 Å². The molecule has 3 aromatic rings. The van der Waals surface area contributed by atoms with Crippen LogP contribution in [0.4, 0.5) is 5.82 Å². The molecule has 0 fully saturated rings. The largest absolute Gasteiger partial charge is 0.307 e. The van der Waals surface area contributed by atoms with Gasteiger partial charge in [0.25, 0.3) is 5.91 Å². The quantitative estimate of drug-likeness (QED) is 0.780. The summed E-state index contributed by atoms with van der Waals surface area (Å²) in [5.74, 6) is 0.398. The molecule has 6 nitrogen and oxygen atoms in total. The lowest BCUT2D eigenvalue weighted by Gasteiger charge is -2.09. The van der Waals surface area contributed by atoms with Gasteiger partial charge in [-0.05, 0) is 24.3 Å². The third-order valence-corrected chi connectivity index (χ3v) is 4.30. The first-order valence-electron chi connectivity index (χ1n) is 7.35. The number of nitriles is 1. The fraction of sp³-hybridized carbons (Fsp3) is 0.250. The second-order valence-electron chi connectivity index (χ2n) is 5.07. The van der Waals surface area contributed by atoms with Crippen LogP contribution in [0.5, 0.6) is 0 Å². The molecule has 0 aliphatic rings. The number of hydrogen-bond donors (Lipinski definition) is 1. The van der Waals surface area contributed by atoms with Crippen LogP contribution >= 0.6 is 11.3 Å². The SMILES string of the molecule is CCCCc1cc(NC(=O)c2cccs2)n2cnc(C#N)c2n1. The average molecular weight is 325 g/mol. The van der Waals surface area contributed by atoms with E-state index in [1.165, 1.54) is 17.7 Å². The molecular formula is C16H15N5OS. The first-order chi connectivity index (χ1) is 11.2. The minimum absolute atomic E-state index is 0.179. The molecule has 0 atom stereocenters. The van der Waals surface area contributed by atoms with E-state index in [0.29, 0.717) is 16.3 Å². The Morgan fingerprint density at radius 2 is 2.39 bits per heavy atom. The van der Waals surface area contributed by atoms with Crippen molar-refractivity contribution >= 4 is 28.7 Å². The molecule has 3 heterocycles. The van der Waals surface area contributed by atoms with E-state index in [1.54, 1.807) is 10.5 Å². The van der Waals surface area contributed by atoms with Crippen LogP contribution in [0.15, 0.2) is 29.9 Å². The van der Waals surface area contributed by atoms with Crippen molar-refractivity contribution in [2.75, 3.05) is 5.32 Å². The Bertz CT molecular complexity index is 876. The van der Waals surface area contributed by atoms with Gasteiger partial charge in [-0.2, -0.15) is 5.26 Å². The van der Waals surface area contributed by atoms with Crippen LogP contribution in [-0.2, 0) is 6.42 Å². The standard InChI is InChI=1S/C16H15N5OS/c1-2-3-5-11-8-14(20-16(22)13-6-4-7-23-13)21-10-18-12(9-17)15(21)19-11/h4,6-8,10H,2-3,5H2,1H3,(H,20,22). The molecule has 3 rings (SSSR count). The fourth-order valence-electron chi connectivity index (χ4n) is 2.27. The number of aryl methyl sites for hydroxylation is 1. The van der Waals surface area contributed by atoms with Gasteiger partial charge in [-0.3, -0.25) is 9.20 Å². The smallest absolute Gasteiger partial charge is 0.266 e. The van der Waals surface area contributed by atoms with Crippen LogP contribution in [0.1, 0.15) is 40.8 Å². The molecule has 0 aromatic carbocycles. The Morgan fingerprint density at radius 1 is 1.52 bits per heavy atom. The van der Waals surface area contributed by atoms with Crippen molar-refractivity contribution in [1.29, 1.82) is 5.26 Å². The van der Waals surface area contributed by atoms with Crippen molar-refractivity contribution in [3.05, 3.63) is 46.2 Å². The molecule has 0 radical (unpaired) electrons. The van der Waals surface area contributed by atoms with Crippen LogP contribution in [-0.4, -0.2) is 20.3 Å². The lowest BCUT2D eigenvalue weighted by molar-refractivity contribution is 0.103. The van der Waals surface area contributed by atoms with Gasteiger partial charge in [-0.25, -0.2) is 9.97 Å². The number of thiophene rings is 1. The summed E-state index contributed by atoms with van der Waals surface area (Å²) in [6.07, 6.45) is 4.35. The van der Waals surface area contributed by atoms with Gasteiger partial charge < -0.3 is 5.32 Å². The van der Waals surface area contributed by atoms with Crippen LogP contribution in [0, 0.1) is 11.3 Å². The van der Waals surface area contributed by atoms with Gasteiger partial charge in [0, 0.05) is 11.8 Å². The number of anilines is 1. The van der Waals surface area contributed by atoms with E-state index in [9.17, 15) is 4.79 Å². The molecule has 23 heavy (non-hydrogen) atoms. The summed E-state index contributed by atoms with van der Waals surface area (Å²) in [4.78, 5) is 21.5. The molecule has 0 aliphatic heterocycles. The third-order valence-electron chi connectivity index (χ3n) is 3.43. The number of rotatable bonds is 5. The fourth-order valence-corrected chi connectivity index (χ4v) is 2.89. The molecule has 0 bridgehead atoms. The van der Waals surface area contributed by atoms with Crippen molar-refractivity contribution in [3.63, 3.8) is 0 Å². The van der Waals surface area contributed by atoms with E-state index >= 15 is 0 Å². The molecular weight excluding hydrogens is 310 g/mol. The number of carbonyl (C=O) groups excluding carboxylic acids is 1. The van der Waals surface area contributed by atoms with E-state index in [0.717, 1.165) is 25.0 Å². The lowest BCUT2D eigenvalue weighted by atomic mass is 10.2. The maximum Gasteiger partial charge on any atom is 0.266 e. The Morgan fingerprint density at radius 3 is 3.09 bits per heavy atom. The van der Waals surface area contributed by atoms with Crippen molar-refractivity contribution in [1.82, 2.24) is 14.4 Å². The molecule has 116 valence electrons. The summed E-state index contributed by atoms with van der Waals surface area (Å²) in [5, 5.41) is 13.9. The van der Waals surface area contributed by atoms with Gasteiger partial charge in [0.2, 0.25) is 0 Å². The molecule has 1 amide bonds. The monoisotopic (exact) mass is 325 g/mol. The Balaban J connectivity index is 2.01. The second-order valence-corrected chi connectivity index (χ2v) is 6.01. The molecule has 0 spiro atoms. The zero-order valence-electron chi connectivity index (χ0n) is 12.6. The van der Waals surface area contributed by atoms with E-state index < -0.39 is 0 Å². The number of unbranched alkanes of at least 4 members (excludes halogenated alkanes) is 1. The average Bonchev–Trinajstić information content (AvgIpc) is 3.22. The number of aromatic nitrogens is 3. The summed E-state index contributed by atoms with van der Waals surface area (Å²) in [5.41, 5.74) is 1.58. The predicted molar refractivity (Wildman–Crippen MR) is 88.6 cm³/mol. The highest BCUT2D eigenvalue weighted by Crippen LogP contribution is 2.19. The van der Waals surface area contributed by atoms with E-state index in [4.69, 9.17) is 5.26 Å². The summed E-state index contributed by atoms with van der Waals surface area (Å²) in [7, 11) is 0. The molecule has 1 N–H and O–H groups in total. The summed E-state index contributed by atoms with van der Waals surface area (Å²) in [6, 6.07) is 7.48. The number of nitrogens with one attached hydrogen (secondary N) is 1. The number of nitrogens with zero attached hydrogens (tertiary/aromatic N) is 4. The van der Waals surface area contributed by atoms with Crippen LogP contribution in [0.25, 0.3) is 5.65 Å². The number of amides is 1. The van der Waals surface area contributed by atoms with Crippen molar-refractivity contribution < 1.29 is 4.79 Å². The van der Waals surface area contributed by atoms with Crippen molar-refractivity contribution in [2.24, 2.45) is 0 Å². The van der Waals surface area contributed by atoms with E-state index in [1.807, 2.05) is 23.6 Å². The molecule has 0 saturated heterocycles. The number of imidazole rings is 1. The number of carbonyl (C=O) groups is 1. The van der Waals surface area contributed by atoms with Gasteiger partial charge in [-0.1, -0.05) is 19.4 Å².